The SMILES string of the molecule is COc1cc(C)c([C@@H](C)NC(=O)[C@@H](C)N(c2cc(Cl)ccc2C)S(C)(=O)=O)cc1C(C)C. The molecule has 1 amide bonds. The van der Waals surface area contributed by atoms with E-state index < -0.39 is 22.0 Å². The first-order chi connectivity index (χ1) is 14.8. The Bertz CT molecular complexity index is 1100. The summed E-state index contributed by atoms with van der Waals surface area (Å²) in [5.41, 5.74) is 4.09. The number of methoxy groups -OCH3 is 1. The van der Waals surface area contributed by atoms with Crippen molar-refractivity contribution in [2.75, 3.05) is 17.7 Å². The molecule has 0 saturated carbocycles. The minimum absolute atomic E-state index is 0.248. The molecule has 0 radical (unpaired) electrons. The Hall–Kier alpha value is -2.25. The quantitative estimate of drug-likeness (QED) is 0.568. The van der Waals surface area contributed by atoms with Crippen molar-refractivity contribution in [2.24, 2.45) is 0 Å². The van der Waals surface area contributed by atoms with Gasteiger partial charge in [-0.05, 0) is 80.1 Å². The van der Waals surface area contributed by atoms with Crippen LogP contribution in [0.15, 0.2) is 30.3 Å². The van der Waals surface area contributed by atoms with E-state index in [1.807, 2.05) is 26.0 Å². The maximum atomic E-state index is 13.2. The minimum atomic E-state index is -3.74. The van der Waals surface area contributed by atoms with Crippen molar-refractivity contribution in [3.05, 3.63) is 57.6 Å². The molecule has 0 aromatic heterocycles. The molecule has 0 fully saturated rings. The van der Waals surface area contributed by atoms with Crippen molar-refractivity contribution in [3.63, 3.8) is 0 Å². The number of hydrogen-bond donors (Lipinski definition) is 1. The highest BCUT2D eigenvalue weighted by molar-refractivity contribution is 7.92. The first-order valence-corrected chi connectivity index (χ1v) is 12.7. The molecule has 176 valence electrons. The van der Waals surface area contributed by atoms with Gasteiger partial charge in [-0.3, -0.25) is 9.10 Å². The molecule has 0 aliphatic rings. The lowest BCUT2D eigenvalue weighted by atomic mass is 9.93. The summed E-state index contributed by atoms with van der Waals surface area (Å²) in [5.74, 6) is 0.661. The number of aryl methyl sites for hydroxylation is 2. The highest BCUT2D eigenvalue weighted by Crippen LogP contribution is 2.33. The molecule has 0 spiro atoms. The molecule has 2 atom stereocenters. The first kappa shape index (κ1) is 26.0. The largest absolute Gasteiger partial charge is 0.496 e. The third-order valence-electron chi connectivity index (χ3n) is 5.56. The van der Waals surface area contributed by atoms with Gasteiger partial charge in [0, 0.05) is 5.02 Å². The molecule has 2 aromatic carbocycles. The molecule has 0 heterocycles. The number of carbonyl (C=O) groups is 1. The third-order valence-corrected chi connectivity index (χ3v) is 7.03. The fourth-order valence-corrected chi connectivity index (χ4v) is 5.21. The Morgan fingerprint density at radius 1 is 1.03 bits per heavy atom. The molecule has 0 saturated heterocycles. The van der Waals surface area contributed by atoms with Crippen molar-refractivity contribution in [3.8, 4) is 5.75 Å². The van der Waals surface area contributed by atoms with Crippen LogP contribution in [0.2, 0.25) is 5.02 Å². The smallest absolute Gasteiger partial charge is 0.244 e. The number of anilines is 1. The zero-order valence-corrected chi connectivity index (χ0v) is 21.6. The molecular formula is C24H33ClN2O4S. The van der Waals surface area contributed by atoms with Crippen molar-refractivity contribution in [1.82, 2.24) is 5.32 Å². The monoisotopic (exact) mass is 480 g/mol. The average molecular weight is 481 g/mol. The molecule has 0 bridgehead atoms. The van der Waals surface area contributed by atoms with Crippen LogP contribution >= 0.6 is 11.6 Å². The number of ether oxygens (including phenoxy) is 1. The second-order valence-corrected chi connectivity index (χ2v) is 10.8. The Morgan fingerprint density at radius 3 is 2.19 bits per heavy atom. The van der Waals surface area contributed by atoms with Crippen LogP contribution in [-0.2, 0) is 14.8 Å². The van der Waals surface area contributed by atoms with Gasteiger partial charge in [0.15, 0.2) is 0 Å². The molecule has 0 aliphatic carbocycles. The first-order valence-electron chi connectivity index (χ1n) is 10.5. The van der Waals surface area contributed by atoms with Gasteiger partial charge < -0.3 is 10.1 Å². The number of carbonyl (C=O) groups excluding carboxylic acids is 1. The summed E-state index contributed by atoms with van der Waals surface area (Å²) < 4.78 is 31.9. The molecule has 32 heavy (non-hydrogen) atoms. The van der Waals surface area contributed by atoms with Gasteiger partial charge in [0.25, 0.3) is 0 Å². The second-order valence-electron chi connectivity index (χ2n) is 8.50. The molecule has 2 rings (SSSR count). The molecule has 2 aromatic rings. The van der Waals surface area contributed by atoms with E-state index in [1.165, 1.54) is 0 Å². The van der Waals surface area contributed by atoms with Gasteiger partial charge in [-0.15, -0.1) is 0 Å². The Labute approximate surface area is 197 Å². The van der Waals surface area contributed by atoms with Gasteiger partial charge in [0.05, 0.1) is 25.1 Å². The standard InChI is InChI=1S/C24H33ClN2O4S/c1-14(2)20-13-21(16(4)11-23(20)31-7)17(5)26-24(28)18(6)27(32(8,29)30)22-12-19(25)10-9-15(22)3/h9-14,17-18H,1-8H3,(H,26,28)/t17-,18-/m1/s1. The molecule has 0 unspecified atom stereocenters. The second kappa shape index (κ2) is 10.1. The molecular weight excluding hydrogens is 448 g/mol. The number of benzene rings is 2. The van der Waals surface area contributed by atoms with E-state index in [9.17, 15) is 13.2 Å². The van der Waals surface area contributed by atoms with Crippen LogP contribution in [0.4, 0.5) is 5.69 Å². The van der Waals surface area contributed by atoms with Gasteiger partial charge in [-0.2, -0.15) is 0 Å². The zero-order chi connectivity index (χ0) is 24.4. The van der Waals surface area contributed by atoms with Crippen LogP contribution in [0.25, 0.3) is 0 Å². The fourth-order valence-electron chi connectivity index (χ4n) is 3.82. The van der Waals surface area contributed by atoms with E-state index in [2.05, 4.69) is 19.2 Å². The predicted octanol–water partition coefficient (Wildman–Crippen LogP) is 5.12. The summed E-state index contributed by atoms with van der Waals surface area (Å²) in [5, 5.41) is 3.38. The van der Waals surface area contributed by atoms with Crippen LogP contribution in [0.1, 0.15) is 61.9 Å². The third kappa shape index (κ3) is 5.75. The molecule has 6 nitrogen and oxygen atoms in total. The van der Waals surface area contributed by atoms with Gasteiger partial charge in [-0.25, -0.2) is 8.42 Å². The lowest BCUT2D eigenvalue weighted by Crippen LogP contribution is -2.48. The van der Waals surface area contributed by atoms with Crippen molar-refractivity contribution < 1.29 is 17.9 Å². The highest BCUT2D eigenvalue weighted by atomic mass is 35.5. The van der Waals surface area contributed by atoms with E-state index in [0.717, 1.165) is 33.0 Å². The van der Waals surface area contributed by atoms with Gasteiger partial charge in [0.1, 0.15) is 11.8 Å². The van der Waals surface area contributed by atoms with Gasteiger partial charge in [0.2, 0.25) is 15.9 Å². The lowest BCUT2D eigenvalue weighted by molar-refractivity contribution is -0.122. The number of sulfonamides is 1. The lowest BCUT2D eigenvalue weighted by Gasteiger charge is -2.31. The highest BCUT2D eigenvalue weighted by Gasteiger charge is 2.31. The van der Waals surface area contributed by atoms with Crippen LogP contribution in [0.3, 0.4) is 0 Å². The van der Waals surface area contributed by atoms with Crippen LogP contribution in [0, 0.1) is 13.8 Å². The molecule has 1 N–H and O–H groups in total. The van der Waals surface area contributed by atoms with Crippen molar-refractivity contribution in [2.45, 2.75) is 59.5 Å². The Kier molecular flexibility index (Phi) is 8.23. The fraction of sp³-hybridized carbons (Fsp3) is 0.458. The summed E-state index contributed by atoms with van der Waals surface area (Å²) in [6.07, 6.45) is 1.09. The average Bonchev–Trinajstić information content (AvgIpc) is 2.68. The van der Waals surface area contributed by atoms with Crippen molar-refractivity contribution >= 4 is 33.2 Å². The topological polar surface area (TPSA) is 75.7 Å². The summed E-state index contributed by atoms with van der Waals surface area (Å²) >= 11 is 6.11. The maximum absolute atomic E-state index is 13.2. The van der Waals surface area contributed by atoms with E-state index in [1.54, 1.807) is 39.2 Å². The molecule has 8 heteroatoms. The zero-order valence-electron chi connectivity index (χ0n) is 20.0. The Morgan fingerprint density at radius 2 is 1.66 bits per heavy atom. The summed E-state index contributed by atoms with van der Waals surface area (Å²) in [6, 6.07) is 7.71. The number of nitrogens with zero attached hydrogens (tertiary/aromatic N) is 1. The minimum Gasteiger partial charge on any atom is -0.496 e. The number of nitrogens with one attached hydrogen (secondary N) is 1. The van der Waals surface area contributed by atoms with Crippen LogP contribution in [-0.4, -0.2) is 33.7 Å². The van der Waals surface area contributed by atoms with Gasteiger partial charge >= 0.3 is 0 Å². The number of hydrogen-bond acceptors (Lipinski definition) is 4. The van der Waals surface area contributed by atoms with Crippen LogP contribution < -0.4 is 14.4 Å². The number of halogens is 1. The van der Waals surface area contributed by atoms with Crippen molar-refractivity contribution in [1.29, 1.82) is 0 Å². The van der Waals surface area contributed by atoms with E-state index in [-0.39, 0.29) is 12.0 Å². The van der Waals surface area contributed by atoms with Crippen LogP contribution in [0.5, 0.6) is 5.75 Å². The maximum Gasteiger partial charge on any atom is 0.244 e. The molecule has 0 aliphatic heterocycles. The Balaban J connectivity index is 2.38. The normalized spacial score (nSPS) is 13.6. The van der Waals surface area contributed by atoms with E-state index in [4.69, 9.17) is 16.3 Å². The summed E-state index contributed by atoms with van der Waals surface area (Å²) in [4.78, 5) is 13.2. The summed E-state index contributed by atoms with van der Waals surface area (Å²) in [7, 11) is -2.10. The predicted molar refractivity (Wildman–Crippen MR) is 131 cm³/mol. The van der Waals surface area contributed by atoms with E-state index >= 15 is 0 Å². The van der Waals surface area contributed by atoms with E-state index in [0.29, 0.717) is 16.3 Å². The van der Waals surface area contributed by atoms with Gasteiger partial charge in [-0.1, -0.05) is 31.5 Å². The summed E-state index contributed by atoms with van der Waals surface area (Å²) in [6.45, 7) is 11.4. The number of rotatable bonds is 8. The number of amides is 1.